The van der Waals surface area contributed by atoms with E-state index < -0.39 is 0 Å². The summed E-state index contributed by atoms with van der Waals surface area (Å²) in [5, 5.41) is 7.55. The van der Waals surface area contributed by atoms with E-state index in [2.05, 4.69) is 121 Å². The van der Waals surface area contributed by atoms with Crippen LogP contribution in [0.5, 0.6) is 11.5 Å². The van der Waals surface area contributed by atoms with Crippen LogP contribution in [0.1, 0.15) is 58.2 Å². The van der Waals surface area contributed by atoms with Gasteiger partial charge in [-0.1, -0.05) is 84.0 Å². The topological polar surface area (TPSA) is 13.1 Å². The molecule has 0 aliphatic carbocycles. The minimum Gasteiger partial charge on any atom is -0.455 e. The molecule has 0 amide bonds. The molecule has 6 rings (SSSR count). The monoisotopic (exact) mass is 460 g/mol. The van der Waals surface area contributed by atoms with Gasteiger partial charge in [0.2, 0.25) is 5.69 Å². The third kappa shape index (κ3) is 3.12. The van der Waals surface area contributed by atoms with E-state index in [1.807, 2.05) is 0 Å². The quantitative estimate of drug-likeness (QED) is 0.163. The van der Waals surface area contributed by atoms with Gasteiger partial charge in [-0.15, -0.1) is 0 Å². The van der Waals surface area contributed by atoms with Crippen molar-refractivity contribution in [3.63, 3.8) is 0 Å². The maximum atomic E-state index is 6.97. The molecule has 0 saturated carbocycles. The van der Waals surface area contributed by atoms with Gasteiger partial charge in [0.15, 0.2) is 6.20 Å². The van der Waals surface area contributed by atoms with Crippen molar-refractivity contribution in [3.8, 4) is 22.8 Å². The summed E-state index contributed by atoms with van der Waals surface area (Å²) in [6.07, 6.45) is 2.21. The highest BCUT2D eigenvalue weighted by atomic mass is 16.5. The normalized spacial score (nSPS) is 13.4. The SMILES string of the molecule is Cc1c2c(c(C(C)(C)C)c3ccccc13)Oc1cc3cc(C(C)(C)C)ccc3c3cc[n+](C)c-2c13. The fourth-order valence-corrected chi connectivity index (χ4v) is 5.93. The third-order valence-electron chi connectivity index (χ3n) is 7.69. The van der Waals surface area contributed by atoms with Crippen molar-refractivity contribution in [1.82, 2.24) is 0 Å². The molecular formula is C33H34NO+. The first-order valence-electron chi connectivity index (χ1n) is 12.6. The number of aryl methyl sites for hydroxylation is 2. The molecule has 0 atom stereocenters. The van der Waals surface area contributed by atoms with Gasteiger partial charge in [-0.3, -0.25) is 0 Å². The zero-order chi connectivity index (χ0) is 24.9. The average Bonchev–Trinajstić information content (AvgIpc) is 2.78. The van der Waals surface area contributed by atoms with Crippen LogP contribution in [-0.4, -0.2) is 0 Å². The summed E-state index contributed by atoms with van der Waals surface area (Å²) in [4.78, 5) is 0. The van der Waals surface area contributed by atoms with Gasteiger partial charge in [-0.2, -0.15) is 0 Å². The van der Waals surface area contributed by atoms with E-state index in [1.165, 1.54) is 60.3 Å². The number of nitrogens with zero attached hydrogens (tertiary/aromatic N) is 1. The molecule has 0 spiro atoms. The van der Waals surface area contributed by atoms with Crippen molar-refractivity contribution in [2.45, 2.75) is 59.3 Å². The van der Waals surface area contributed by atoms with Crippen LogP contribution in [0.15, 0.2) is 60.8 Å². The summed E-state index contributed by atoms with van der Waals surface area (Å²) in [6, 6.07) is 20.2. The predicted octanol–water partition coefficient (Wildman–Crippen LogP) is 8.65. The Morgan fingerprint density at radius 3 is 2.14 bits per heavy atom. The average molecular weight is 461 g/mol. The second-order valence-corrected chi connectivity index (χ2v) is 12.2. The van der Waals surface area contributed by atoms with Gasteiger partial charge < -0.3 is 4.74 Å². The van der Waals surface area contributed by atoms with Crippen molar-refractivity contribution in [1.29, 1.82) is 0 Å². The molecular weight excluding hydrogens is 426 g/mol. The lowest BCUT2D eigenvalue weighted by atomic mass is 9.78. The summed E-state index contributed by atoms with van der Waals surface area (Å²) in [7, 11) is 2.16. The first kappa shape index (κ1) is 22.1. The molecule has 0 radical (unpaired) electrons. The molecule has 2 heteroatoms. The predicted molar refractivity (Wildman–Crippen MR) is 148 cm³/mol. The van der Waals surface area contributed by atoms with Gasteiger partial charge in [0.1, 0.15) is 18.5 Å². The van der Waals surface area contributed by atoms with Crippen molar-refractivity contribution >= 4 is 32.3 Å². The number of ether oxygens (including phenoxy) is 1. The van der Waals surface area contributed by atoms with Gasteiger partial charge in [-0.05, 0) is 56.5 Å². The number of hydrogen-bond acceptors (Lipinski definition) is 1. The summed E-state index contributed by atoms with van der Waals surface area (Å²) in [6.45, 7) is 15.9. The van der Waals surface area contributed by atoms with Gasteiger partial charge in [0.25, 0.3) is 0 Å². The van der Waals surface area contributed by atoms with Crippen molar-refractivity contribution < 1.29 is 9.30 Å². The highest BCUT2D eigenvalue weighted by Gasteiger charge is 2.36. The van der Waals surface area contributed by atoms with Gasteiger partial charge >= 0.3 is 0 Å². The Morgan fingerprint density at radius 1 is 0.743 bits per heavy atom. The highest BCUT2D eigenvalue weighted by Crippen LogP contribution is 2.54. The van der Waals surface area contributed by atoms with Crippen LogP contribution < -0.4 is 9.30 Å². The lowest BCUT2D eigenvalue weighted by molar-refractivity contribution is -0.659. The second-order valence-electron chi connectivity index (χ2n) is 12.2. The number of pyridine rings is 1. The first-order chi connectivity index (χ1) is 16.5. The standard InChI is InChI=1S/C33H34NO/c1-19-22-11-9-10-12-25(22)29(33(5,6)7)31-27(19)30-28-24(15-16-34(30)8)23-14-13-21(32(2,3)4)17-20(23)18-26(28)35-31/h9-18H,1-8H3/q+1. The third-order valence-corrected chi connectivity index (χ3v) is 7.69. The zero-order valence-corrected chi connectivity index (χ0v) is 22.1. The molecule has 1 aliphatic rings. The molecule has 0 unspecified atom stereocenters. The Balaban J connectivity index is 1.81. The Hall–Kier alpha value is -3.39. The Labute approximate surface area is 208 Å². The number of fused-ring (bicyclic) bond motifs is 5. The number of aromatic nitrogens is 1. The first-order valence-corrected chi connectivity index (χ1v) is 12.6. The van der Waals surface area contributed by atoms with Crippen LogP contribution >= 0.6 is 0 Å². The van der Waals surface area contributed by atoms with Crippen LogP contribution in [0.3, 0.4) is 0 Å². The molecule has 4 aromatic carbocycles. The molecule has 0 bridgehead atoms. The molecule has 2 nitrogen and oxygen atoms in total. The zero-order valence-electron chi connectivity index (χ0n) is 22.1. The van der Waals surface area contributed by atoms with Crippen LogP contribution in [-0.2, 0) is 17.9 Å². The van der Waals surface area contributed by atoms with Crippen LogP contribution in [0.25, 0.3) is 43.6 Å². The molecule has 1 aromatic heterocycles. The summed E-state index contributed by atoms with van der Waals surface area (Å²) in [5.74, 6) is 1.97. The lowest BCUT2D eigenvalue weighted by Gasteiger charge is -2.30. The molecule has 0 N–H and O–H groups in total. The minimum absolute atomic E-state index is 0.0718. The molecule has 176 valence electrons. The van der Waals surface area contributed by atoms with Gasteiger partial charge in [0, 0.05) is 17.0 Å². The van der Waals surface area contributed by atoms with E-state index in [0.29, 0.717) is 0 Å². The van der Waals surface area contributed by atoms with E-state index in [-0.39, 0.29) is 10.8 Å². The van der Waals surface area contributed by atoms with Gasteiger partial charge in [-0.25, -0.2) is 4.57 Å². The van der Waals surface area contributed by atoms with E-state index in [9.17, 15) is 0 Å². The minimum atomic E-state index is -0.0718. The molecule has 0 saturated heterocycles. The Kier molecular flexibility index (Phi) is 4.46. The summed E-state index contributed by atoms with van der Waals surface area (Å²) >= 11 is 0. The van der Waals surface area contributed by atoms with Crippen molar-refractivity contribution in [3.05, 3.63) is 77.5 Å². The molecule has 2 heterocycles. The second kappa shape index (κ2) is 7.07. The number of rotatable bonds is 0. The van der Waals surface area contributed by atoms with Crippen molar-refractivity contribution in [2.24, 2.45) is 7.05 Å². The van der Waals surface area contributed by atoms with E-state index in [1.54, 1.807) is 0 Å². The maximum absolute atomic E-state index is 6.97. The molecule has 35 heavy (non-hydrogen) atoms. The van der Waals surface area contributed by atoms with Crippen LogP contribution in [0.4, 0.5) is 0 Å². The van der Waals surface area contributed by atoms with Gasteiger partial charge in [0.05, 0.1) is 10.9 Å². The smallest absolute Gasteiger partial charge is 0.228 e. The number of benzene rings is 4. The summed E-state index contributed by atoms with van der Waals surface area (Å²) < 4.78 is 9.25. The fraction of sp³-hybridized carbons (Fsp3) is 0.303. The lowest BCUT2D eigenvalue weighted by Crippen LogP contribution is -2.32. The fourth-order valence-electron chi connectivity index (χ4n) is 5.93. The van der Waals surface area contributed by atoms with Crippen molar-refractivity contribution in [2.75, 3.05) is 0 Å². The van der Waals surface area contributed by atoms with E-state index >= 15 is 0 Å². The van der Waals surface area contributed by atoms with E-state index in [4.69, 9.17) is 4.74 Å². The molecule has 5 aromatic rings. The largest absolute Gasteiger partial charge is 0.455 e. The Morgan fingerprint density at radius 2 is 1.46 bits per heavy atom. The van der Waals surface area contributed by atoms with E-state index in [0.717, 1.165) is 11.5 Å². The Bertz CT molecular complexity index is 1690. The number of hydrogen-bond donors (Lipinski definition) is 0. The molecule has 1 aliphatic heterocycles. The molecule has 0 fully saturated rings. The maximum Gasteiger partial charge on any atom is 0.228 e. The van der Waals surface area contributed by atoms with Crippen LogP contribution in [0.2, 0.25) is 0 Å². The highest BCUT2D eigenvalue weighted by molar-refractivity contribution is 6.16. The summed E-state index contributed by atoms with van der Waals surface area (Å²) in [5.41, 5.74) is 6.39. The van der Waals surface area contributed by atoms with Crippen LogP contribution in [0, 0.1) is 6.92 Å².